The second kappa shape index (κ2) is 4.87. The lowest BCUT2D eigenvalue weighted by atomic mass is 10.0. The van der Waals surface area contributed by atoms with Gasteiger partial charge < -0.3 is 10.1 Å². The first-order valence-electron chi connectivity index (χ1n) is 6.21. The lowest BCUT2D eigenvalue weighted by molar-refractivity contribution is 0.342. The Hall–Kier alpha value is -0.730. The van der Waals surface area contributed by atoms with E-state index in [-0.39, 0.29) is 5.54 Å². The largest absolute Gasteiger partial charge is 0.493 e. The molecule has 0 aliphatic carbocycles. The zero-order valence-corrected chi connectivity index (χ0v) is 11.5. The summed E-state index contributed by atoms with van der Waals surface area (Å²) < 4.78 is 5.68. The molecule has 2 nitrogen and oxygen atoms in total. The first kappa shape index (κ1) is 12.7. The van der Waals surface area contributed by atoms with Gasteiger partial charge in [-0.3, -0.25) is 0 Å². The van der Waals surface area contributed by atoms with Gasteiger partial charge in [-0.05, 0) is 38.0 Å². The third-order valence-corrected chi connectivity index (χ3v) is 3.68. The van der Waals surface area contributed by atoms with Crippen molar-refractivity contribution in [2.24, 2.45) is 0 Å². The maximum Gasteiger partial charge on any atom is 0.127 e. The molecule has 94 valence electrons. The Bertz CT molecular complexity index is 415. The molecule has 2 rings (SSSR count). The average Bonchev–Trinajstić information content (AvgIpc) is 2.73. The van der Waals surface area contributed by atoms with Crippen molar-refractivity contribution in [3.63, 3.8) is 0 Å². The van der Waals surface area contributed by atoms with E-state index in [1.54, 1.807) is 0 Å². The van der Waals surface area contributed by atoms with Crippen molar-refractivity contribution < 1.29 is 4.74 Å². The van der Waals surface area contributed by atoms with Crippen LogP contribution in [0.25, 0.3) is 0 Å². The van der Waals surface area contributed by atoms with Crippen LogP contribution in [0.5, 0.6) is 5.75 Å². The molecule has 0 radical (unpaired) electrons. The molecule has 1 aliphatic rings. The molecular formula is C14H20ClNO. The number of halogens is 1. The minimum atomic E-state index is 0.147. The van der Waals surface area contributed by atoms with Gasteiger partial charge in [-0.15, -0.1) is 0 Å². The molecule has 0 unspecified atom stereocenters. The van der Waals surface area contributed by atoms with E-state index >= 15 is 0 Å². The number of hydrogen-bond donors (Lipinski definition) is 1. The molecule has 0 fully saturated rings. The molecule has 0 saturated heterocycles. The summed E-state index contributed by atoms with van der Waals surface area (Å²) >= 11 is 6.13. The molecule has 1 aromatic carbocycles. The van der Waals surface area contributed by atoms with Crippen molar-refractivity contribution >= 4 is 11.6 Å². The van der Waals surface area contributed by atoms with Crippen molar-refractivity contribution in [3.05, 3.63) is 28.3 Å². The fourth-order valence-corrected chi connectivity index (χ4v) is 2.20. The van der Waals surface area contributed by atoms with Gasteiger partial charge in [0.05, 0.1) is 6.61 Å². The van der Waals surface area contributed by atoms with E-state index in [0.717, 1.165) is 36.8 Å². The van der Waals surface area contributed by atoms with Crippen LogP contribution >= 0.6 is 11.6 Å². The van der Waals surface area contributed by atoms with Crippen molar-refractivity contribution in [2.75, 3.05) is 6.61 Å². The van der Waals surface area contributed by atoms with E-state index in [9.17, 15) is 0 Å². The topological polar surface area (TPSA) is 21.3 Å². The Kier molecular flexibility index (Phi) is 3.64. The summed E-state index contributed by atoms with van der Waals surface area (Å²) in [5.74, 6) is 1.04. The van der Waals surface area contributed by atoms with Crippen LogP contribution in [0.15, 0.2) is 12.1 Å². The van der Waals surface area contributed by atoms with Gasteiger partial charge in [-0.2, -0.15) is 0 Å². The van der Waals surface area contributed by atoms with Crippen molar-refractivity contribution in [1.29, 1.82) is 0 Å². The van der Waals surface area contributed by atoms with Crippen molar-refractivity contribution in [1.82, 2.24) is 5.32 Å². The summed E-state index contributed by atoms with van der Waals surface area (Å²) in [5, 5.41) is 4.35. The normalized spacial score (nSPS) is 14.6. The van der Waals surface area contributed by atoms with E-state index < -0.39 is 0 Å². The molecule has 0 saturated carbocycles. The summed E-state index contributed by atoms with van der Waals surface area (Å²) in [5.41, 5.74) is 2.56. The molecule has 0 amide bonds. The minimum absolute atomic E-state index is 0.147. The molecule has 0 atom stereocenters. The first-order chi connectivity index (χ1) is 8.02. The molecule has 1 aliphatic heterocycles. The predicted molar refractivity (Wildman–Crippen MR) is 71.9 cm³/mol. The Morgan fingerprint density at radius 1 is 1.41 bits per heavy atom. The smallest absolute Gasteiger partial charge is 0.127 e. The predicted octanol–water partition coefficient (Wildman–Crippen LogP) is 3.55. The fraction of sp³-hybridized carbons (Fsp3) is 0.571. The first-order valence-corrected chi connectivity index (χ1v) is 6.59. The van der Waals surface area contributed by atoms with E-state index in [2.05, 4.69) is 26.1 Å². The molecule has 17 heavy (non-hydrogen) atoms. The number of rotatable bonds is 4. The Morgan fingerprint density at radius 3 is 2.88 bits per heavy atom. The molecule has 0 bridgehead atoms. The summed E-state index contributed by atoms with van der Waals surface area (Å²) in [6.07, 6.45) is 2.07. The quantitative estimate of drug-likeness (QED) is 0.886. The Labute approximate surface area is 108 Å². The molecule has 1 N–H and O–H groups in total. The highest BCUT2D eigenvalue weighted by Crippen LogP contribution is 2.33. The van der Waals surface area contributed by atoms with Gasteiger partial charge >= 0.3 is 0 Å². The summed E-state index contributed by atoms with van der Waals surface area (Å²) in [6.45, 7) is 8.19. The van der Waals surface area contributed by atoms with Crippen molar-refractivity contribution in [2.45, 2.75) is 45.7 Å². The second-order valence-electron chi connectivity index (χ2n) is 5.24. The summed E-state index contributed by atoms with van der Waals surface area (Å²) in [7, 11) is 0. The van der Waals surface area contributed by atoms with Crippen LogP contribution in [0.4, 0.5) is 0 Å². The van der Waals surface area contributed by atoms with Crippen LogP contribution in [0, 0.1) is 0 Å². The maximum atomic E-state index is 6.13. The van der Waals surface area contributed by atoms with E-state index in [1.165, 1.54) is 11.1 Å². The molecule has 1 heterocycles. The number of ether oxygens (including phenoxy) is 1. The minimum Gasteiger partial charge on any atom is -0.493 e. The van der Waals surface area contributed by atoms with Gasteiger partial charge in [0.1, 0.15) is 5.75 Å². The molecule has 3 heteroatoms. The Morgan fingerprint density at radius 2 is 2.18 bits per heavy atom. The third-order valence-electron chi connectivity index (χ3n) is 3.47. The maximum absolute atomic E-state index is 6.13. The van der Waals surface area contributed by atoms with Crippen LogP contribution in [0.1, 0.15) is 38.3 Å². The van der Waals surface area contributed by atoms with Crippen LogP contribution in [0.2, 0.25) is 5.02 Å². The van der Waals surface area contributed by atoms with Crippen molar-refractivity contribution in [3.8, 4) is 5.75 Å². The van der Waals surface area contributed by atoms with Crippen LogP contribution in [-0.2, 0) is 13.0 Å². The zero-order chi connectivity index (χ0) is 12.5. The lowest BCUT2D eigenvalue weighted by Crippen LogP contribution is -2.37. The van der Waals surface area contributed by atoms with E-state index in [4.69, 9.17) is 16.3 Å². The number of benzene rings is 1. The summed E-state index contributed by atoms with van der Waals surface area (Å²) in [6, 6.07) is 4.02. The average molecular weight is 254 g/mol. The van der Waals surface area contributed by atoms with E-state index in [0.29, 0.717) is 0 Å². The zero-order valence-electron chi connectivity index (χ0n) is 10.8. The highest BCUT2D eigenvalue weighted by molar-refractivity contribution is 6.30. The van der Waals surface area contributed by atoms with Gasteiger partial charge in [-0.1, -0.05) is 18.5 Å². The van der Waals surface area contributed by atoms with Gasteiger partial charge in [0.2, 0.25) is 0 Å². The second-order valence-corrected chi connectivity index (χ2v) is 5.68. The van der Waals surface area contributed by atoms with Gasteiger partial charge in [0.25, 0.3) is 0 Å². The van der Waals surface area contributed by atoms with Gasteiger partial charge in [0, 0.05) is 29.1 Å². The fourth-order valence-electron chi connectivity index (χ4n) is 1.94. The third kappa shape index (κ3) is 2.93. The molecular weight excluding hydrogens is 234 g/mol. The molecule has 0 spiro atoms. The van der Waals surface area contributed by atoms with Crippen LogP contribution in [-0.4, -0.2) is 12.1 Å². The number of fused-ring (bicyclic) bond motifs is 1. The lowest BCUT2D eigenvalue weighted by Gasteiger charge is -2.25. The SMILES string of the molecule is CCC(C)(C)NCc1cc(Cl)cc2c1OCC2. The summed E-state index contributed by atoms with van der Waals surface area (Å²) in [4.78, 5) is 0. The highest BCUT2D eigenvalue weighted by atomic mass is 35.5. The van der Waals surface area contributed by atoms with Gasteiger partial charge in [0.15, 0.2) is 0 Å². The highest BCUT2D eigenvalue weighted by Gasteiger charge is 2.20. The van der Waals surface area contributed by atoms with Crippen LogP contribution in [0.3, 0.4) is 0 Å². The molecule has 0 aromatic heterocycles. The standard InChI is InChI=1S/C14H20ClNO/c1-4-14(2,3)16-9-11-8-12(15)7-10-5-6-17-13(10)11/h7-8,16H,4-6,9H2,1-3H3. The Balaban J connectivity index is 2.16. The van der Waals surface area contributed by atoms with Crippen LogP contribution < -0.4 is 10.1 Å². The monoisotopic (exact) mass is 253 g/mol. The molecule has 1 aromatic rings. The number of nitrogens with one attached hydrogen (secondary N) is 1. The van der Waals surface area contributed by atoms with Gasteiger partial charge in [-0.25, -0.2) is 0 Å². The number of hydrogen-bond acceptors (Lipinski definition) is 2. The van der Waals surface area contributed by atoms with E-state index in [1.807, 2.05) is 12.1 Å².